The number of nitro benzene ring substituents is 1. The van der Waals surface area contributed by atoms with Crippen molar-refractivity contribution in [2.24, 2.45) is 0 Å². The number of benzene rings is 2. The van der Waals surface area contributed by atoms with Crippen LogP contribution in [0.3, 0.4) is 0 Å². The van der Waals surface area contributed by atoms with E-state index in [1.165, 1.54) is 18.2 Å². The number of hydrogen-bond acceptors (Lipinski definition) is 4. The average molecular weight is 405 g/mol. The highest BCUT2D eigenvalue weighted by Gasteiger charge is 2.19. The predicted octanol–water partition coefficient (Wildman–Crippen LogP) is 4.28. The Morgan fingerprint density at radius 1 is 1.20 bits per heavy atom. The Kier molecular flexibility index (Phi) is 6.64. The molecule has 1 amide bonds. The maximum absolute atomic E-state index is 13.0. The van der Waals surface area contributed by atoms with Crippen molar-refractivity contribution in [3.63, 3.8) is 0 Å². The molecule has 2 aromatic carbocycles. The zero-order chi connectivity index (χ0) is 21.5. The van der Waals surface area contributed by atoms with Crippen molar-refractivity contribution >= 4 is 11.6 Å². The molecular weight excluding hydrogens is 382 g/mol. The van der Waals surface area contributed by atoms with Crippen molar-refractivity contribution < 1.29 is 14.5 Å². The molecule has 0 aliphatic rings. The molecule has 3 aromatic rings. The number of non-ortho nitro benzene ring substituents is 1. The van der Waals surface area contributed by atoms with Crippen LogP contribution in [0.2, 0.25) is 0 Å². The van der Waals surface area contributed by atoms with Crippen LogP contribution in [0.5, 0.6) is 5.75 Å². The lowest BCUT2D eigenvalue weighted by Gasteiger charge is -2.22. The van der Waals surface area contributed by atoms with E-state index in [1.807, 2.05) is 42.6 Å². The van der Waals surface area contributed by atoms with E-state index in [1.54, 1.807) is 24.2 Å². The van der Waals surface area contributed by atoms with Crippen LogP contribution in [0.4, 0.5) is 5.69 Å². The summed E-state index contributed by atoms with van der Waals surface area (Å²) in [7, 11) is 1.63. The number of carbonyl (C=O) groups is 1. The second-order valence-corrected chi connectivity index (χ2v) is 6.76. The molecule has 0 saturated heterocycles. The van der Waals surface area contributed by atoms with Crippen molar-refractivity contribution in [3.05, 3.63) is 106 Å². The Balaban J connectivity index is 1.81. The highest BCUT2D eigenvalue weighted by Crippen LogP contribution is 2.18. The van der Waals surface area contributed by atoms with Crippen LogP contribution in [-0.4, -0.2) is 34.0 Å². The molecule has 0 radical (unpaired) electrons. The Bertz CT molecular complexity index is 1060. The zero-order valence-electron chi connectivity index (χ0n) is 16.7. The van der Waals surface area contributed by atoms with Gasteiger partial charge in [-0.1, -0.05) is 24.3 Å². The minimum Gasteiger partial charge on any atom is -0.497 e. The molecule has 0 aliphatic carbocycles. The van der Waals surface area contributed by atoms with Gasteiger partial charge in [-0.2, -0.15) is 0 Å². The van der Waals surface area contributed by atoms with Gasteiger partial charge in [0.05, 0.1) is 18.6 Å². The molecule has 0 atom stereocenters. The fourth-order valence-electron chi connectivity index (χ4n) is 3.22. The van der Waals surface area contributed by atoms with E-state index < -0.39 is 4.92 Å². The molecule has 0 aliphatic heterocycles. The van der Waals surface area contributed by atoms with E-state index in [9.17, 15) is 14.9 Å². The van der Waals surface area contributed by atoms with Crippen LogP contribution in [0.25, 0.3) is 0 Å². The highest BCUT2D eigenvalue weighted by molar-refractivity contribution is 5.94. The van der Waals surface area contributed by atoms with Crippen molar-refractivity contribution in [1.29, 1.82) is 0 Å². The highest BCUT2D eigenvalue weighted by atomic mass is 16.6. The number of hydrogen-bond donors (Lipinski definition) is 0. The van der Waals surface area contributed by atoms with Gasteiger partial charge in [-0.15, -0.1) is 6.58 Å². The van der Waals surface area contributed by atoms with Gasteiger partial charge in [0.25, 0.3) is 11.6 Å². The maximum Gasteiger partial charge on any atom is 0.270 e. The second-order valence-electron chi connectivity index (χ2n) is 6.76. The van der Waals surface area contributed by atoms with Crippen molar-refractivity contribution in [1.82, 2.24) is 9.47 Å². The zero-order valence-corrected chi connectivity index (χ0v) is 16.7. The number of aromatic nitrogens is 1. The molecule has 7 heteroatoms. The lowest BCUT2D eigenvalue weighted by atomic mass is 10.1. The quantitative estimate of drug-likeness (QED) is 0.302. The molecule has 0 N–H and O–H groups in total. The largest absolute Gasteiger partial charge is 0.497 e. The van der Waals surface area contributed by atoms with Gasteiger partial charge in [-0.05, 0) is 35.9 Å². The van der Waals surface area contributed by atoms with E-state index in [0.717, 1.165) is 17.0 Å². The van der Waals surface area contributed by atoms with Crippen molar-refractivity contribution in [2.75, 3.05) is 13.7 Å². The molecule has 0 unspecified atom stereocenters. The summed E-state index contributed by atoms with van der Waals surface area (Å²) in [5, 5.41) is 11.0. The first-order valence-corrected chi connectivity index (χ1v) is 9.43. The summed E-state index contributed by atoms with van der Waals surface area (Å²) in [5.74, 6) is 0.503. The third kappa shape index (κ3) is 4.94. The fraction of sp³-hybridized carbons (Fsp3) is 0.174. The lowest BCUT2D eigenvalue weighted by Crippen LogP contribution is -2.31. The first-order valence-electron chi connectivity index (χ1n) is 9.43. The van der Waals surface area contributed by atoms with E-state index in [-0.39, 0.29) is 17.2 Å². The minimum atomic E-state index is -0.506. The predicted molar refractivity (Wildman–Crippen MR) is 115 cm³/mol. The van der Waals surface area contributed by atoms with Crippen molar-refractivity contribution in [2.45, 2.75) is 13.1 Å². The molecule has 0 fully saturated rings. The van der Waals surface area contributed by atoms with E-state index in [0.29, 0.717) is 19.6 Å². The molecule has 1 heterocycles. The van der Waals surface area contributed by atoms with Crippen LogP contribution in [0, 0.1) is 10.1 Å². The number of methoxy groups -OCH3 is 1. The van der Waals surface area contributed by atoms with Gasteiger partial charge in [0.2, 0.25) is 0 Å². The molecule has 154 valence electrons. The molecule has 3 rings (SSSR count). The molecule has 1 aromatic heterocycles. The minimum absolute atomic E-state index is 0.110. The third-order valence-electron chi connectivity index (χ3n) is 4.70. The van der Waals surface area contributed by atoms with Crippen LogP contribution in [0.15, 0.2) is 79.5 Å². The third-order valence-corrected chi connectivity index (χ3v) is 4.70. The summed E-state index contributed by atoms with van der Waals surface area (Å²) in [6, 6.07) is 17.5. The summed E-state index contributed by atoms with van der Waals surface area (Å²) in [4.78, 5) is 25.2. The Labute approximate surface area is 175 Å². The lowest BCUT2D eigenvalue weighted by molar-refractivity contribution is -0.384. The Morgan fingerprint density at radius 3 is 2.73 bits per heavy atom. The number of amides is 1. The molecule has 0 spiro atoms. The second kappa shape index (κ2) is 9.56. The molecule has 0 saturated carbocycles. The molecule has 7 nitrogen and oxygen atoms in total. The number of carbonyl (C=O) groups excluding carboxylic acids is 1. The normalized spacial score (nSPS) is 10.4. The van der Waals surface area contributed by atoms with Crippen LogP contribution in [0.1, 0.15) is 21.6 Å². The maximum atomic E-state index is 13.0. The smallest absolute Gasteiger partial charge is 0.270 e. The SMILES string of the molecule is C=CCN(Cc1cccn1Cc1cccc(OC)c1)C(=O)c1cccc([N+](=O)[O-])c1. The summed E-state index contributed by atoms with van der Waals surface area (Å²) in [6.45, 7) is 5.05. The van der Waals surface area contributed by atoms with Crippen LogP contribution >= 0.6 is 0 Å². The molecule has 30 heavy (non-hydrogen) atoms. The Morgan fingerprint density at radius 2 is 2.00 bits per heavy atom. The van der Waals surface area contributed by atoms with E-state index >= 15 is 0 Å². The van der Waals surface area contributed by atoms with E-state index in [2.05, 4.69) is 11.1 Å². The van der Waals surface area contributed by atoms with Gasteiger partial charge < -0.3 is 14.2 Å². The fourth-order valence-corrected chi connectivity index (χ4v) is 3.22. The number of ether oxygens (including phenoxy) is 1. The summed E-state index contributed by atoms with van der Waals surface area (Å²) >= 11 is 0. The topological polar surface area (TPSA) is 77.6 Å². The number of rotatable bonds is 9. The van der Waals surface area contributed by atoms with Gasteiger partial charge >= 0.3 is 0 Å². The van der Waals surface area contributed by atoms with Crippen molar-refractivity contribution in [3.8, 4) is 5.75 Å². The number of nitrogens with zero attached hydrogens (tertiary/aromatic N) is 3. The first-order chi connectivity index (χ1) is 14.5. The van der Waals surface area contributed by atoms with Gasteiger partial charge in [-0.3, -0.25) is 14.9 Å². The monoisotopic (exact) mass is 405 g/mol. The van der Waals surface area contributed by atoms with Gasteiger partial charge in [-0.25, -0.2) is 0 Å². The number of nitro groups is 1. The Hall–Kier alpha value is -3.87. The van der Waals surface area contributed by atoms with Crippen LogP contribution in [-0.2, 0) is 13.1 Å². The molecule has 0 bridgehead atoms. The standard InChI is InChI=1S/C23H23N3O4/c1-3-12-25(23(27)19-8-5-9-20(15-19)26(28)29)17-21-10-6-13-24(21)16-18-7-4-11-22(14-18)30-2/h3-11,13-15H,1,12,16-17H2,2H3. The summed E-state index contributed by atoms with van der Waals surface area (Å²) in [5.41, 5.74) is 2.18. The first kappa shape index (κ1) is 20.9. The van der Waals surface area contributed by atoms with Gasteiger partial charge in [0.15, 0.2) is 0 Å². The van der Waals surface area contributed by atoms with Crippen LogP contribution < -0.4 is 4.74 Å². The summed E-state index contributed by atoms with van der Waals surface area (Å²) < 4.78 is 7.35. The average Bonchev–Trinajstić information content (AvgIpc) is 3.19. The van der Waals surface area contributed by atoms with Gasteiger partial charge in [0, 0.05) is 42.7 Å². The van der Waals surface area contributed by atoms with E-state index in [4.69, 9.17) is 4.74 Å². The summed E-state index contributed by atoms with van der Waals surface area (Å²) in [6.07, 6.45) is 3.60. The van der Waals surface area contributed by atoms with Gasteiger partial charge in [0.1, 0.15) is 5.75 Å². The molecular formula is C23H23N3O4.